The molecule has 0 aliphatic heterocycles. The van der Waals surface area contributed by atoms with Gasteiger partial charge in [-0.15, -0.1) is 0 Å². The fourth-order valence-corrected chi connectivity index (χ4v) is 1.64. The van der Waals surface area contributed by atoms with Crippen molar-refractivity contribution >= 4 is 5.97 Å². The van der Waals surface area contributed by atoms with Crippen molar-refractivity contribution in [2.75, 3.05) is 7.11 Å². The topological polar surface area (TPSA) is 61.2 Å². The van der Waals surface area contributed by atoms with Crippen LogP contribution in [0.3, 0.4) is 0 Å². The number of carbonyl (C=O) groups excluding carboxylic acids is 1. The van der Waals surface area contributed by atoms with Crippen LogP contribution >= 0.6 is 0 Å². The van der Waals surface area contributed by atoms with Crippen molar-refractivity contribution in [3.63, 3.8) is 0 Å². The lowest BCUT2D eigenvalue weighted by molar-refractivity contribution is 0.0590. The highest BCUT2D eigenvalue weighted by atomic mass is 19.1. The molecule has 1 heterocycles. The number of rotatable bonds is 2. The Morgan fingerprint density at radius 3 is 2.74 bits per heavy atom. The number of esters is 1. The van der Waals surface area contributed by atoms with Gasteiger partial charge in [-0.3, -0.25) is 4.79 Å². The van der Waals surface area contributed by atoms with Gasteiger partial charge >= 0.3 is 5.97 Å². The molecule has 0 atom stereocenters. The van der Waals surface area contributed by atoms with Crippen LogP contribution in [0.4, 0.5) is 4.39 Å². The molecule has 0 bridgehead atoms. The number of hydrogen-bond acceptors (Lipinski definition) is 4. The van der Waals surface area contributed by atoms with Crippen LogP contribution in [0.1, 0.15) is 16.1 Å². The minimum absolute atomic E-state index is 0.341. The van der Waals surface area contributed by atoms with E-state index in [1.54, 1.807) is 13.0 Å². The smallest absolute Gasteiger partial charge is 0.362 e. The average molecular weight is 262 g/mol. The first-order valence-electron chi connectivity index (χ1n) is 5.47. The third-order valence-electron chi connectivity index (χ3n) is 2.48. The quantitative estimate of drug-likeness (QED) is 0.769. The van der Waals surface area contributed by atoms with E-state index in [0.29, 0.717) is 11.3 Å². The Morgan fingerprint density at radius 1 is 1.37 bits per heavy atom. The minimum Gasteiger partial charge on any atom is -0.464 e. The van der Waals surface area contributed by atoms with Crippen molar-refractivity contribution in [3.05, 3.63) is 57.8 Å². The summed E-state index contributed by atoms with van der Waals surface area (Å²) < 4.78 is 19.0. The van der Waals surface area contributed by atoms with Crippen LogP contribution in [-0.2, 0) is 4.74 Å². The maximum atomic E-state index is 13.3. The lowest BCUT2D eigenvalue weighted by atomic mass is 10.2. The van der Waals surface area contributed by atoms with Gasteiger partial charge in [-0.05, 0) is 30.7 Å². The van der Waals surface area contributed by atoms with E-state index in [1.165, 1.54) is 29.1 Å². The third kappa shape index (κ3) is 2.67. The summed E-state index contributed by atoms with van der Waals surface area (Å²) in [6, 6.07) is 5.49. The fourth-order valence-electron chi connectivity index (χ4n) is 1.64. The Hall–Kier alpha value is -2.50. The molecule has 1 aromatic carbocycles. The van der Waals surface area contributed by atoms with Crippen LogP contribution in [0.2, 0.25) is 0 Å². The summed E-state index contributed by atoms with van der Waals surface area (Å²) in [4.78, 5) is 22.9. The molecule has 98 valence electrons. The summed E-state index contributed by atoms with van der Waals surface area (Å²) in [5.74, 6) is -1.25. The minimum atomic E-state index is -0.826. The van der Waals surface area contributed by atoms with E-state index >= 15 is 0 Å². The van der Waals surface area contributed by atoms with Crippen molar-refractivity contribution < 1.29 is 13.9 Å². The molecule has 19 heavy (non-hydrogen) atoms. The van der Waals surface area contributed by atoms with E-state index in [0.717, 1.165) is 7.11 Å². The first-order valence-corrected chi connectivity index (χ1v) is 5.47. The second-order valence-corrected chi connectivity index (χ2v) is 3.95. The van der Waals surface area contributed by atoms with Crippen LogP contribution in [-0.4, -0.2) is 22.9 Å². The number of aromatic nitrogens is 2. The lowest BCUT2D eigenvalue weighted by Gasteiger charge is -2.07. The van der Waals surface area contributed by atoms with Gasteiger partial charge in [0.2, 0.25) is 11.1 Å². The van der Waals surface area contributed by atoms with E-state index in [2.05, 4.69) is 9.84 Å². The van der Waals surface area contributed by atoms with Crippen LogP contribution in [0.25, 0.3) is 5.69 Å². The first kappa shape index (κ1) is 12.9. The number of halogens is 1. The number of hydrogen-bond donors (Lipinski definition) is 0. The van der Waals surface area contributed by atoms with Gasteiger partial charge in [0.25, 0.3) is 0 Å². The number of ether oxygens (including phenoxy) is 1. The molecule has 0 N–H and O–H groups in total. The standard InChI is InChI=1S/C13H11FN2O3/c1-8-5-9(14)7-10(6-8)16-4-3-11(17)12(15-16)13(18)19-2/h3-7H,1-2H3. The largest absolute Gasteiger partial charge is 0.464 e. The van der Waals surface area contributed by atoms with Crippen LogP contribution < -0.4 is 5.43 Å². The van der Waals surface area contributed by atoms with Gasteiger partial charge in [0.1, 0.15) is 5.82 Å². The van der Waals surface area contributed by atoms with Gasteiger partial charge in [-0.25, -0.2) is 13.9 Å². The highest BCUT2D eigenvalue weighted by Crippen LogP contribution is 2.11. The molecule has 0 aliphatic rings. The molecule has 0 unspecified atom stereocenters. The Bertz CT molecular complexity index is 674. The summed E-state index contributed by atoms with van der Waals surface area (Å²) in [6.45, 7) is 1.73. The molecular weight excluding hydrogens is 251 g/mol. The molecule has 0 saturated carbocycles. The second kappa shape index (κ2) is 5.01. The summed E-state index contributed by atoms with van der Waals surface area (Å²) >= 11 is 0. The molecule has 0 spiro atoms. The van der Waals surface area contributed by atoms with Crippen molar-refractivity contribution in [3.8, 4) is 5.69 Å². The van der Waals surface area contributed by atoms with Gasteiger partial charge in [0.15, 0.2) is 0 Å². The van der Waals surface area contributed by atoms with Crippen molar-refractivity contribution in [2.45, 2.75) is 6.92 Å². The van der Waals surface area contributed by atoms with Gasteiger partial charge in [0.05, 0.1) is 12.8 Å². The Balaban J connectivity index is 2.57. The number of aryl methyl sites for hydroxylation is 1. The average Bonchev–Trinajstić information content (AvgIpc) is 2.37. The van der Waals surface area contributed by atoms with Crippen molar-refractivity contribution in [1.82, 2.24) is 9.78 Å². The molecule has 0 fully saturated rings. The second-order valence-electron chi connectivity index (χ2n) is 3.95. The molecule has 0 radical (unpaired) electrons. The van der Waals surface area contributed by atoms with E-state index in [9.17, 15) is 14.0 Å². The van der Waals surface area contributed by atoms with Crippen molar-refractivity contribution in [2.24, 2.45) is 0 Å². The maximum absolute atomic E-state index is 13.3. The lowest BCUT2D eigenvalue weighted by Crippen LogP contribution is -2.21. The van der Waals surface area contributed by atoms with Gasteiger partial charge in [-0.2, -0.15) is 5.10 Å². The summed E-state index contributed by atoms with van der Waals surface area (Å²) in [7, 11) is 1.16. The van der Waals surface area contributed by atoms with Gasteiger partial charge in [0, 0.05) is 12.3 Å². The zero-order valence-electron chi connectivity index (χ0n) is 10.4. The fraction of sp³-hybridized carbons (Fsp3) is 0.154. The molecular formula is C13H11FN2O3. The van der Waals surface area contributed by atoms with Crippen molar-refractivity contribution in [1.29, 1.82) is 0 Å². The highest BCUT2D eigenvalue weighted by molar-refractivity contribution is 5.86. The van der Waals surface area contributed by atoms with E-state index in [-0.39, 0.29) is 5.69 Å². The highest BCUT2D eigenvalue weighted by Gasteiger charge is 2.13. The van der Waals surface area contributed by atoms with Gasteiger partial charge in [-0.1, -0.05) is 0 Å². The van der Waals surface area contributed by atoms with E-state index in [4.69, 9.17) is 0 Å². The zero-order chi connectivity index (χ0) is 14.0. The number of carbonyl (C=O) groups is 1. The zero-order valence-corrected chi connectivity index (χ0v) is 10.4. The number of methoxy groups -OCH3 is 1. The monoisotopic (exact) mass is 262 g/mol. The Labute approximate surface area is 108 Å². The molecule has 1 aromatic heterocycles. The SMILES string of the molecule is COC(=O)c1nn(-c2cc(C)cc(F)c2)ccc1=O. The number of nitrogens with zero attached hydrogens (tertiary/aromatic N) is 2. The van der Waals surface area contributed by atoms with Crippen LogP contribution in [0.5, 0.6) is 0 Å². The molecule has 2 rings (SSSR count). The summed E-state index contributed by atoms with van der Waals surface area (Å²) in [5.41, 5.74) is 0.237. The molecule has 0 saturated heterocycles. The van der Waals surface area contributed by atoms with E-state index in [1.807, 2.05) is 0 Å². The summed E-state index contributed by atoms with van der Waals surface area (Å²) in [5, 5.41) is 3.86. The Kier molecular flexibility index (Phi) is 3.41. The maximum Gasteiger partial charge on any atom is 0.362 e. The number of benzene rings is 1. The first-order chi connectivity index (χ1) is 9.01. The molecule has 0 amide bonds. The third-order valence-corrected chi connectivity index (χ3v) is 2.48. The molecule has 0 aliphatic carbocycles. The normalized spacial score (nSPS) is 10.3. The van der Waals surface area contributed by atoms with Crippen LogP contribution in [0.15, 0.2) is 35.3 Å². The summed E-state index contributed by atoms with van der Waals surface area (Å²) in [6.07, 6.45) is 1.36. The Morgan fingerprint density at radius 2 is 2.11 bits per heavy atom. The van der Waals surface area contributed by atoms with Gasteiger partial charge < -0.3 is 4.74 Å². The van der Waals surface area contributed by atoms with E-state index < -0.39 is 17.2 Å². The molecule has 2 aromatic rings. The predicted octanol–water partition coefficient (Wildman–Crippen LogP) is 1.47. The predicted molar refractivity (Wildman–Crippen MR) is 65.9 cm³/mol. The van der Waals surface area contributed by atoms with Crippen LogP contribution in [0, 0.1) is 12.7 Å². The molecule has 6 heteroatoms. The molecule has 5 nitrogen and oxygen atoms in total.